The van der Waals surface area contributed by atoms with Gasteiger partial charge in [-0.25, -0.2) is 0 Å². The van der Waals surface area contributed by atoms with Crippen LogP contribution >= 0.6 is 38.9 Å². The van der Waals surface area contributed by atoms with E-state index < -0.39 is 0 Å². The number of halogens is 2. The number of thiazole rings is 1. The van der Waals surface area contributed by atoms with Crippen LogP contribution in [0.2, 0.25) is 5.02 Å². The van der Waals surface area contributed by atoms with Gasteiger partial charge in [-0.15, -0.1) is 11.3 Å². The topological polar surface area (TPSA) is 43.6 Å². The van der Waals surface area contributed by atoms with Crippen molar-refractivity contribution in [3.8, 4) is 17.0 Å². The molecule has 0 bridgehead atoms. The van der Waals surface area contributed by atoms with Gasteiger partial charge in [0.25, 0.3) is 5.91 Å². The van der Waals surface area contributed by atoms with Crippen molar-refractivity contribution < 1.29 is 9.53 Å². The lowest BCUT2D eigenvalue weighted by Gasteiger charge is -2.08. The van der Waals surface area contributed by atoms with Gasteiger partial charge in [0.2, 0.25) is 0 Å². The Morgan fingerprint density at radius 3 is 2.56 bits per heavy atom. The summed E-state index contributed by atoms with van der Waals surface area (Å²) in [5.41, 5.74) is 2.61. The van der Waals surface area contributed by atoms with Gasteiger partial charge in [-0.3, -0.25) is 4.79 Å². The number of aromatic nitrogens is 1. The Morgan fingerprint density at radius 1 is 1.26 bits per heavy atom. The molecule has 1 amide bonds. The highest BCUT2D eigenvalue weighted by Gasteiger charge is 2.14. The predicted molar refractivity (Wildman–Crippen MR) is 114 cm³/mol. The van der Waals surface area contributed by atoms with Crippen LogP contribution in [0.25, 0.3) is 11.3 Å². The molecule has 0 spiro atoms. The first-order valence-electron chi connectivity index (χ1n) is 8.33. The minimum absolute atomic E-state index is 0.288. The molecule has 140 valence electrons. The normalized spacial score (nSPS) is 11.7. The number of ether oxygens (including phenoxy) is 1. The lowest BCUT2D eigenvalue weighted by atomic mass is 10.1. The minimum Gasteiger partial charge on any atom is -0.496 e. The molecular formula is C20H18BrClN2O2S. The average molecular weight is 466 g/mol. The third kappa shape index (κ3) is 4.18. The fraction of sp³-hybridized carbons (Fsp3) is 0.200. The first-order chi connectivity index (χ1) is 12.9. The fourth-order valence-corrected chi connectivity index (χ4v) is 4.54. The Balaban J connectivity index is 2.06. The van der Waals surface area contributed by atoms with Crippen molar-refractivity contribution >= 4 is 44.8 Å². The highest BCUT2D eigenvalue weighted by atomic mass is 79.9. The summed E-state index contributed by atoms with van der Waals surface area (Å²) in [5.74, 6) is 0.386. The van der Waals surface area contributed by atoms with E-state index in [1.54, 1.807) is 25.3 Å². The second-order valence-corrected chi connectivity index (χ2v) is 8.28. The summed E-state index contributed by atoms with van der Waals surface area (Å²) < 4.78 is 7.99. The van der Waals surface area contributed by atoms with Crippen LogP contribution in [0.3, 0.4) is 0 Å². The first kappa shape index (κ1) is 19.9. The van der Waals surface area contributed by atoms with E-state index in [0.29, 0.717) is 27.7 Å². The average Bonchev–Trinajstić information content (AvgIpc) is 2.97. The van der Waals surface area contributed by atoms with E-state index in [4.69, 9.17) is 16.3 Å². The largest absolute Gasteiger partial charge is 0.496 e. The van der Waals surface area contributed by atoms with Gasteiger partial charge < -0.3 is 9.30 Å². The maximum absolute atomic E-state index is 12.7. The lowest BCUT2D eigenvalue weighted by molar-refractivity contribution is 0.0997. The second kappa shape index (κ2) is 8.42. The minimum atomic E-state index is -0.288. The molecule has 4 nitrogen and oxygen atoms in total. The molecule has 2 aromatic carbocycles. The van der Waals surface area contributed by atoms with Crippen LogP contribution in [0.15, 0.2) is 51.9 Å². The molecular weight excluding hydrogens is 448 g/mol. The standard InChI is InChI=1S/C20H18BrClN2O2S/c1-4-24-18(13-5-8-15(22)9-6-13)12(2)27-20(24)23-19(25)14-7-10-17(26-3)16(21)11-14/h5-11H,4H2,1-3H3. The molecule has 0 atom stereocenters. The van der Waals surface area contributed by atoms with Gasteiger partial charge >= 0.3 is 0 Å². The van der Waals surface area contributed by atoms with Gasteiger partial charge in [-0.05, 0) is 65.7 Å². The Labute approximate surface area is 175 Å². The fourth-order valence-electron chi connectivity index (χ4n) is 2.82. The molecule has 0 aliphatic heterocycles. The van der Waals surface area contributed by atoms with Crippen LogP contribution in [-0.2, 0) is 6.54 Å². The zero-order valence-electron chi connectivity index (χ0n) is 15.1. The van der Waals surface area contributed by atoms with Gasteiger partial charge in [0.05, 0.1) is 17.3 Å². The van der Waals surface area contributed by atoms with Gasteiger partial charge in [-0.1, -0.05) is 23.7 Å². The lowest BCUT2D eigenvalue weighted by Crippen LogP contribution is -2.17. The molecule has 0 fully saturated rings. The van der Waals surface area contributed by atoms with Crippen LogP contribution in [0.1, 0.15) is 22.2 Å². The number of benzene rings is 2. The number of methoxy groups -OCH3 is 1. The molecule has 0 N–H and O–H groups in total. The Morgan fingerprint density at radius 2 is 1.96 bits per heavy atom. The SMILES string of the molecule is CCn1c(-c2ccc(Cl)cc2)c(C)sc1=NC(=O)c1ccc(OC)c(Br)c1. The zero-order valence-corrected chi connectivity index (χ0v) is 18.3. The molecule has 0 aliphatic rings. The van der Waals surface area contributed by atoms with Crippen LogP contribution in [0.5, 0.6) is 5.75 Å². The number of carbonyl (C=O) groups is 1. The van der Waals surface area contributed by atoms with Crippen molar-refractivity contribution in [2.75, 3.05) is 7.11 Å². The maximum atomic E-state index is 12.7. The monoisotopic (exact) mass is 464 g/mol. The van der Waals surface area contributed by atoms with E-state index in [2.05, 4.69) is 25.5 Å². The zero-order chi connectivity index (χ0) is 19.6. The molecule has 3 aromatic rings. The van der Waals surface area contributed by atoms with Crippen molar-refractivity contribution in [1.82, 2.24) is 4.57 Å². The first-order valence-corrected chi connectivity index (χ1v) is 10.3. The molecule has 27 heavy (non-hydrogen) atoms. The summed E-state index contributed by atoms with van der Waals surface area (Å²) in [6.07, 6.45) is 0. The summed E-state index contributed by atoms with van der Waals surface area (Å²) in [4.78, 5) is 18.8. The van der Waals surface area contributed by atoms with Crippen molar-refractivity contribution in [3.05, 3.63) is 67.2 Å². The second-order valence-electron chi connectivity index (χ2n) is 5.81. The van der Waals surface area contributed by atoms with Crippen LogP contribution in [0.4, 0.5) is 0 Å². The summed E-state index contributed by atoms with van der Waals surface area (Å²) >= 11 is 10.9. The van der Waals surface area contributed by atoms with Crippen molar-refractivity contribution in [2.45, 2.75) is 20.4 Å². The molecule has 0 radical (unpaired) electrons. The summed E-state index contributed by atoms with van der Waals surface area (Å²) in [6, 6.07) is 12.9. The molecule has 0 unspecified atom stereocenters. The van der Waals surface area contributed by atoms with E-state index >= 15 is 0 Å². The van der Waals surface area contributed by atoms with E-state index in [9.17, 15) is 4.79 Å². The van der Waals surface area contributed by atoms with Gasteiger partial charge in [-0.2, -0.15) is 4.99 Å². The maximum Gasteiger partial charge on any atom is 0.279 e. The molecule has 3 rings (SSSR count). The van der Waals surface area contributed by atoms with Crippen LogP contribution < -0.4 is 9.54 Å². The summed E-state index contributed by atoms with van der Waals surface area (Å²) in [6.45, 7) is 4.79. The number of hydrogen-bond acceptors (Lipinski definition) is 3. The molecule has 0 saturated carbocycles. The number of aryl methyl sites for hydroxylation is 1. The van der Waals surface area contributed by atoms with Crippen LogP contribution in [0, 0.1) is 6.92 Å². The molecule has 7 heteroatoms. The van der Waals surface area contributed by atoms with Crippen molar-refractivity contribution in [1.29, 1.82) is 0 Å². The molecule has 1 heterocycles. The predicted octanol–water partition coefficient (Wildman–Crippen LogP) is 5.71. The third-order valence-corrected chi connectivity index (χ3v) is 5.97. The molecule has 0 aliphatic carbocycles. The number of nitrogens with zero attached hydrogens (tertiary/aromatic N) is 2. The molecule has 0 saturated heterocycles. The third-order valence-electron chi connectivity index (χ3n) is 4.11. The van der Waals surface area contributed by atoms with Gasteiger partial charge in [0, 0.05) is 22.0 Å². The van der Waals surface area contributed by atoms with E-state index in [-0.39, 0.29) is 5.91 Å². The number of carbonyl (C=O) groups excluding carboxylic acids is 1. The molecule has 1 aromatic heterocycles. The quantitative estimate of drug-likeness (QED) is 0.495. The Hall–Kier alpha value is -1.89. The van der Waals surface area contributed by atoms with Gasteiger partial charge in [0.1, 0.15) is 5.75 Å². The smallest absolute Gasteiger partial charge is 0.279 e. The highest BCUT2D eigenvalue weighted by Crippen LogP contribution is 2.27. The van der Waals surface area contributed by atoms with Crippen LogP contribution in [-0.4, -0.2) is 17.6 Å². The van der Waals surface area contributed by atoms with E-state index in [1.807, 2.05) is 38.1 Å². The van der Waals surface area contributed by atoms with Crippen molar-refractivity contribution in [2.24, 2.45) is 4.99 Å². The Kier molecular flexibility index (Phi) is 6.19. The number of rotatable bonds is 4. The highest BCUT2D eigenvalue weighted by molar-refractivity contribution is 9.10. The summed E-state index contributed by atoms with van der Waals surface area (Å²) in [7, 11) is 1.59. The number of hydrogen-bond donors (Lipinski definition) is 0. The van der Waals surface area contributed by atoms with E-state index in [0.717, 1.165) is 20.6 Å². The van der Waals surface area contributed by atoms with E-state index in [1.165, 1.54) is 11.3 Å². The number of amides is 1. The van der Waals surface area contributed by atoms with Crippen molar-refractivity contribution in [3.63, 3.8) is 0 Å². The summed E-state index contributed by atoms with van der Waals surface area (Å²) in [5, 5.41) is 0.694. The van der Waals surface area contributed by atoms with Gasteiger partial charge in [0.15, 0.2) is 4.80 Å². The Bertz CT molecular complexity index is 1050.